The molecule has 0 unspecified atom stereocenters. The Kier molecular flexibility index (Phi) is 6.17. The number of carbonyl (C=O) groups excluding carboxylic acids is 2. The van der Waals surface area contributed by atoms with Crippen molar-refractivity contribution in [2.24, 2.45) is 0 Å². The van der Waals surface area contributed by atoms with Crippen LogP contribution in [0.25, 0.3) is 0 Å². The maximum Gasteiger partial charge on any atom is 0.284 e. The first-order valence-electron chi connectivity index (χ1n) is 9.64. The number of aromatic amines is 1. The Morgan fingerprint density at radius 3 is 2.57 bits per heavy atom. The molecule has 3 aromatic rings. The zero-order valence-electron chi connectivity index (χ0n) is 16.6. The molecule has 156 valence electrons. The van der Waals surface area contributed by atoms with E-state index in [0.717, 1.165) is 32.7 Å². The van der Waals surface area contributed by atoms with Crippen LogP contribution in [0.15, 0.2) is 42.0 Å². The molecule has 0 aliphatic carbocycles. The van der Waals surface area contributed by atoms with Crippen molar-refractivity contribution in [2.45, 2.75) is 6.54 Å². The van der Waals surface area contributed by atoms with Crippen LogP contribution in [0.2, 0.25) is 0 Å². The van der Waals surface area contributed by atoms with Crippen molar-refractivity contribution < 1.29 is 9.59 Å². The van der Waals surface area contributed by atoms with E-state index in [1.165, 1.54) is 23.1 Å². The topological polar surface area (TPSA) is 106 Å². The Morgan fingerprint density at radius 1 is 1.10 bits per heavy atom. The molecule has 30 heavy (non-hydrogen) atoms. The summed E-state index contributed by atoms with van der Waals surface area (Å²) in [5.41, 5.74) is 2.37. The van der Waals surface area contributed by atoms with Crippen LogP contribution in [0.4, 0.5) is 11.4 Å². The number of hydrogen-bond acceptors (Lipinski definition) is 7. The smallest absolute Gasteiger partial charge is 0.284 e. The number of carbonyl (C=O) groups is 2. The van der Waals surface area contributed by atoms with E-state index in [1.54, 1.807) is 11.6 Å². The van der Waals surface area contributed by atoms with E-state index in [1.807, 2.05) is 24.3 Å². The van der Waals surface area contributed by atoms with Gasteiger partial charge >= 0.3 is 0 Å². The van der Waals surface area contributed by atoms with Gasteiger partial charge in [-0.1, -0.05) is 12.1 Å². The fourth-order valence-corrected chi connectivity index (χ4v) is 3.75. The molecule has 10 heteroatoms. The molecule has 0 atom stereocenters. The normalized spacial score (nSPS) is 15.1. The molecule has 2 amide bonds. The number of anilines is 2. The van der Waals surface area contributed by atoms with Gasteiger partial charge < -0.3 is 15.5 Å². The molecule has 4 rings (SSSR count). The van der Waals surface area contributed by atoms with Crippen LogP contribution in [0.5, 0.6) is 0 Å². The molecule has 1 fully saturated rings. The summed E-state index contributed by atoms with van der Waals surface area (Å²) in [6.07, 6.45) is 2.95. The second-order valence-electron chi connectivity index (χ2n) is 7.18. The average Bonchev–Trinajstić information content (AvgIpc) is 3.43. The zero-order valence-corrected chi connectivity index (χ0v) is 17.4. The van der Waals surface area contributed by atoms with Gasteiger partial charge in [0.25, 0.3) is 11.8 Å². The van der Waals surface area contributed by atoms with Crippen molar-refractivity contribution in [3.05, 3.63) is 58.3 Å². The molecule has 3 heterocycles. The third-order valence-electron chi connectivity index (χ3n) is 4.96. The van der Waals surface area contributed by atoms with Gasteiger partial charge in [0, 0.05) is 50.0 Å². The van der Waals surface area contributed by atoms with E-state index in [9.17, 15) is 9.59 Å². The van der Waals surface area contributed by atoms with Crippen molar-refractivity contribution in [1.29, 1.82) is 0 Å². The fraction of sp³-hybridized carbons (Fsp3) is 0.300. The van der Waals surface area contributed by atoms with E-state index < -0.39 is 0 Å². The minimum absolute atomic E-state index is 0.182. The van der Waals surface area contributed by atoms with Gasteiger partial charge in [-0.2, -0.15) is 5.10 Å². The second kappa shape index (κ2) is 9.16. The molecule has 0 bridgehead atoms. The number of nitrogens with zero attached hydrogens (tertiary/aromatic N) is 4. The van der Waals surface area contributed by atoms with Gasteiger partial charge in [-0.25, -0.2) is 4.98 Å². The van der Waals surface area contributed by atoms with Gasteiger partial charge in [-0.3, -0.25) is 19.6 Å². The molecular weight excluding hydrogens is 402 g/mol. The number of likely N-dealkylation sites (N-methyl/N-ethyl adjacent to an activating group) is 1. The Hall–Kier alpha value is -3.08. The zero-order chi connectivity index (χ0) is 20.9. The van der Waals surface area contributed by atoms with Gasteiger partial charge in [-0.15, -0.1) is 11.3 Å². The molecule has 1 saturated heterocycles. The molecule has 1 aliphatic rings. The first-order chi connectivity index (χ1) is 14.6. The highest BCUT2D eigenvalue weighted by molar-refractivity contribution is 7.11. The first-order valence-corrected chi connectivity index (χ1v) is 10.5. The van der Waals surface area contributed by atoms with E-state index >= 15 is 0 Å². The van der Waals surface area contributed by atoms with Gasteiger partial charge in [0.2, 0.25) is 0 Å². The van der Waals surface area contributed by atoms with E-state index in [2.05, 4.69) is 42.7 Å². The van der Waals surface area contributed by atoms with Crippen molar-refractivity contribution in [3.8, 4) is 0 Å². The van der Waals surface area contributed by atoms with Crippen LogP contribution in [-0.2, 0) is 6.54 Å². The molecule has 0 radical (unpaired) electrons. The number of H-pyrrole nitrogens is 1. The number of nitrogens with one attached hydrogen (secondary N) is 3. The van der Waals surface area contributed by atoms with Crippen molar-refractivity contribution in [3.63, 3.8) is 0 Å². The Labute approximate surface area is 178 Å². The van der Waals surface area contributed by atoms with E-state index in [0.29, 0.717) is 16.4 Å². The Balaban J connectivity index is 1.35. The summed E-state index contributed by atoms with van der Waals surface area (Å²) in [4.78, 5) is 33.5. The van der Waals surface area contributed by atoms with Crippen LogP contribution in [0.1, 0.15) is 25.9 Å². The Morgan fingerprint density at radius 2 is 1.87 bits per heavy atom. The monoisotopic (exact) mass is 425 g/mol. The molecule has 1 aliphatic heterocycles. The lowest BCUT2D eigenvalue weighted by Crippen LogP contribution is -2.43. The minimum atomic E-state index is -0.381. The van der Waals surface area contributed by atoms with E-state index in [-0.39, 0.29) is 17.5 Å². The molecule has 1 aromatic carbocycles. The number of piperazine rings is 1. The van der Waals surface area contributed by atoms with Crippen LogP contribution >= 0.6 is 11.3 Å². The first kappa shape index (κ1) is 20.2. The van der Waals surface area contributed by atoms with Crippen molar-refractivity contribution >= 4 is 34.5 Å². The van der Waals surface area contributed by atoms with Crippen LogP contribution < -0.4 is 10.6 Å². The third kappa shape index (κ3) is 4.90. The summed E-state index contributed by atoms with van der Waals surface area (Å²) in [7, 11) is 2.14. The molecule has 3 N–H and O–H groups in total. The van der Waals surface area contributed by atoms with Crippen LogP contribution in [-0.4, -0.2) is 70.0 Å². The summed E-state index contributed by atoms with van der Waals surface area (Å²) in [5, 5.41) is 14.0. The maximum absolute atomic E-state index is 12.6. The number of amides is 2. The van der Waals surface area contributed by atoms with Gasteiger partial charge in [-0.05, 0) is 24.7 Å². The lowest BCUT2D eigenvalue weighted by molar-refractivity contribution is 0.102. The quantitative estimate of drug-likeness (QED) is 0.559. The predicted molar refractivity (Wildman–Crippen MR) is 116 cm³/mol. The number of aromatic nitrogens is 3. The number of rotatable bonds is 6. The maximum atomic E-state index is 12.6. The van der Waals surface area contributed by atoms with Crippen LogP contribution in [0.3, 0.4) is 0 Å². The number of hydrogen-bond donors (Lipinski definition) is 3. The summed E-state index contributed by atoms with van der Waals surface area (Å²) < 4.78 is 0. The van der Waals surface area contributed by atoms with Crippen LogP contribution in [0, 0.1) is 0 Å². The average molecular weight is 426 g/mol. The minimum Gasteiger partial charge on any atom is -0.321 e. The number of benzene rings is 1. The fourth-order valence-electron chi connectivity index (χ4n) is 3.22. The molecule has 0 saturated carbocycles. The summed E-state index contributed by atoms with van der Waals surface area (Å²) in [5.74, 6) is -0.762. The van der Waals surface area contributed by atoms with Gasteiger partial charge in [0.05, 0.1) is 11.9 Å². The molecule has 9 nitrogen and oxygen atoms in total. The summed E-state index contributed by atoms with van der Waals surface area (Å²) in [6.45, 7) is 5.18. The Bertz CT molecular complexity index is 993. The predicted octanol–water partition coefficient (Wildman–Crippen LogP) is 2.12. The second-order valence-corrected chi connectivity index (χ2v) is 8.08. The molecule has 0 spiro atoms. The standard InChI is InChI=1S/C20H23N7O2S/c1-26-7-9-27(10-8-26)13-14-2-4-15(5-3-14)23-18(28)17-16(12-22-25-17)24-19(29)20-21-6-11-30-20/h2-6,11-12H,7-10,13H2,1H3,(H,22,25)(H,23,28)(H,24,29). The summed E-state index contributed by atoms with van der Waals surface area (Å²) in [6, 6.07) is 7.80. The molecule has 2 aromatic heterocycles. The highest BCUT2D eigenvalue weighted by Gasteiger charge is 2.18. The van der Waals surface area contributed by atoms with Crippen molar-refractivity contribution in [1.82, 2.24) is 25.0 Å². The van der Waals surface area contributed by atoms with E-state index in [4.69, 9.17) is 0 Å². The molecular formula is C20H23N7O2S. The number of thiazole rings is 1. The lowest BCUT2D eigenvalue weighted by Gasteiger charge is -2.32. The highest BCUT2D eigenvalue weighted by Crippen LogP contribution is 2.18. The van der Waals surface area contributed by atoms with Gasteiger partial charge in [0.1, 0.15) is 5.69 Å². The largest absolute Gasteiger partial charge is 0.321 e. The SMILES string of the molecule is CN1CCN(Cc2ccc(NC(=O)c3[nH]ncc3NC(=O)c3nccs3)cc2)CC1. The lowest BCUT2D eigenvalue weighted by atomic mass is 10.1. The van der Waals surface area contributed by atoms with Gasteiger partial charge in [0.15, 0.2) is 5.01 Å². The third-order valence-corrected chi connectivity index (χ3v) is 5.73. The summed E-state index contributed by atoms with van der Waals surface area (Å²) >= 11 is 1.22. The van der Waals surface area contributed by atoms with Crippen molar-refractivity contribution in [2.75, 3.05) is 43.9 Å². The highest BCUT2D eigenvalue weighted by atomic mass is 32.1.